The first-order chi connectivity index (χ1) is 11.7. The molecule has 2 aromatic rings. The molecule has 2 aliphatic rings. The van der Waals surface area contributed by atoms with Gasteiger partial charge in [-0.2, -0.15) is 10.1 Å². The van der Waals surface area contributed by atoms with Crippen molar-refractivity contribution >= 4 is 5.91 Å². The average Bonchev–Trinajstić information content (AvgIpc) is 3.24. The molecular weight excluding hydrogens is 310 g/mol. The third-order valence-electron chi connectivity index (χ3n) is 4.70. The first kappa shape index (κ1) is 15.3. The van der Waals surface area contributed by atoms with Crippen LogP contribution in [0.5, 0.6) is 0 Å². The van der Waals surface area contributed by atoms with Crippen LogP contribution in [-0.4, -0.2) is 51.0 Å². The fourth-order valence-electron chi connectivity index (χ4n) is 3.16. The Bertz CT molecular complexity index is 762. The maximum atomic E-state index is 12.3. The zero-order valence-electron chi connectivity index (χ0n) is 14.0. The van der Waals surface area contributed by atoms with Crippen LogP contribution in [0.2, 0.25) is 0 Å². The van der Waals surface area contributed by atoms with E-state index in [9.17, 15) is 4.79 Å². The van der Waals surface area contributed by atoms with E-state index in [2.05, 4.69) is 15.2 Å². The summed E-state index contributed by atoms with van der Waals surface area (Å²) < 4.78 is 12.3. The predicted molar refractivity (Wildman–Crippen MR) is 84.1 cm³/mol. The lowest BCUT2D eigenvalue weighted by Gasteiger charge is -2.27. The number of hydrogen-bond acceptors (Lipinski definition) is 6. The number of aromatic nitrogens is 4. The van der Waals surface area contributed by atoms with E-state index in [0.29, 0.717) is 43.6 Å². The topological polar surface area (TPSA) is 86.3 Å². The maximum absolute atomic E-state index is 12.3. The molecule has 4 rings (SSSR count). The monoisotopic (exact) mass is 331 g/mol. The Balaban J connectivity index is 1.60. The Morgan fingerprint density at radius 1 is 1.42 bits per heavy atom. The van der Waals surface area contributed by atoms with E-state index >= 15 is 0 Å². The number of amides is 1. The van der Waals surface area contributed by atoms with Gasteiger partial charge in [0.15, 0.2) is 11.5 Å². The molecule has 0 spiro atoms. The van der Waals surface area contributed by atoms with Gasteiger partial charge in [0.05, 0.1) is 13.0 Å². The molecule has 0 aromatic carbocycles. The van der Waals surface area contributed by atoms with Crippen molar-refractivity contribution in [3.63, 3.8) is 0 Å². The van der Waals surface area contributed by atoms with E-state index in [4.69, 9.17) is 9.26 Å². The lowest BCUT2D eigenvalue weighted by Crippen LogP contribution is -2.36. The Kier molecular flexibility index (Phi) is 3.84. The van der Waals surface area contributed by atoms with E-state index in [1.165, 1.54) is 0 Å². The van der Waals surface area contributed by atoms with E-state index in [1.807, 2.05) is 16.6 Å². The van der Waals surface area contributed by atoms with Crippen molar-refractivity contribution in [3.05, 3.63) is 17.1 Å². The molecule has 1 saturated carbocycles. The molecule has 0 N–H and O–H groups in total. The third-order valence-corrected chi connectivity index (χ3v) is 4.70. The lowest BCUT2D eigenvalue weighted by atomic mass is 10.0. The molecule has 3 heterocycles. The highest BCUT2D eigenvalue weighted by molar-refractivity contribution is 5.77. The minimum absolute atomic E-state index is 0.0986. The van der Waals surface area contributed by atoms with Gasteiger partial charge in [0.25, 0.3) is 5.89 Å². The molecule has 8 nitrogen and oxygen atoms in total. The van der Waals surface area contributed by atoms with Gasteiger partial charge >= 0.3 is 0 Å². The van der Waals surface area contributed by atoms with Crippen molar-refractivity contribution in [1.29, 1.82) is 0 Å². The second-order valence-electron chi connectivity index (χ2n) is 6.44. The average molecular weight is 331 g/mol. The summed E-state index contributed by atoms with van der Waals surface area (Å²) in [6, 6.07) is 0. The molecule has 128 valence electrons. The first-order valence-electron chi connectivity index (χ1n) is 8.32. The van der Waals surface area contributed by atoms with E-state index in [0.717, 1.165) is 36.3 Å². The molecule has 24 heavy (non-hydrogen) atoms. The zero-order chi connectivity index (χ0) is 16.7. The molecule has 0 radical (unpaired) electrons. The van der Waals surface area contributed by atoms with Crippen LogP contribution in [0.1, 0.15) is 42.3 Å². The number of hydrogen-bond donors (Lipinski definition) is 0. The minimum Gasteiger partial charge on any atom is -0.384 e. The van der Waals surface area contributed by atoms with E-state index in [1.54, 1.807) is 7.11 Å². The van der Waals surface area contributed by atoms with E-state index in [-0.39, 0.29) is 5.91 Å². The fourth-order valence-corrected chi connectivity index (χ4v) is 3.16. The van der Waals surface area contributed by atoms with Crippen molar-refractivity contribution < 1.29 is 14.1 Å². The summed E-state index contributed by atoms with van der Waals surface area (Å²) in [6.07, 6.45) is 3.43. The first-order valence-corrected chi connectivity index (χ1v) is 8.32. The number of ether oxygens (including phenoxy) is 1. The number of nitrogens with zero attached hydrogens (tertiary/aromatic N) is 5. The third kappa shape index (κ3) is 2.71. The normalized spacial score (nSPS) is 17.2. The number of rotatable bonds is 5. The van der Waals surface area contributed by atoms with Crippen molar-refractivity contribution in [2.24, 2.45) is 7.05 Å². The Hall–Kier alpha value is -2.22. The summed E-state index contributed by atoms with van der Waals surface area (Å²) in [5.41, 5.74) is 2.85. The summed E-state index contributed by atoms with van der Waals surface area (Å²) >= 11 is 0. The summed E-state index contributed by atoms with van der Waals surface area (Å²) in [5, 5.41) is 8.64. The van der Waals surface area contributed by atoms with Gasteiger partial charge in [-0.3, -0.25) is 9.48 Å². The van der Waals surface area contributed by atoms with Gasteiger partial charge in [-0.25, -0.2) is 0 Å². The molecule has 8 heteroatoms. The van der Waals surface area contributed by atoms with Crippen LogP contribution < -0.4 is 0 Å². The predicted octanol–water partition coefficient (Wildman–Crippen LogP) is 1.27. The summed E-state index contributed by atoms with van der Waals surface area (Å²) in [6.45, 7) is 1.67. The van der Waals surface area contributed by atoms with Gasteiger partial charge in [-0.05, 0) is 12.8 Å². The molecule has 1 amide bonds. The molecular formula is C16H21N5O3. The molecule has 0 atom stereocenters. The molecule has 0 unspecified atom stereocenters. The van der Waals surface area contributed by atoms with Crippen LogP contribution in [0.4, 0.5) is 0 Å². The minimum atomic E-state index is 0.0986. The summed E-state index contributed by atoms with van der Waals surface area (Å²) in [4.78, 5) is 18.6. The SMILES string of the molecule is COCCC(=O)N1CCc2c(c(-c3nc(C4CC4)no3)nn2C)C1. The van der Waals surface area contributed by atoms with Crippen LogP contribution >= 0.6 is 0 Å². The second kappa shape index (κ2) is 6.01. The van der Waals surface area contributed by atoms with Gasteiger partial charge < -0.3 is 14.2 Å². The fraction of sp³-hybridized carbons (Fsp3) is 0.625. The van der Waals surface area contributed by atoms with Crippen molar-refractivity contribution in [1.82, 2.24) is 24.8 Å². The Morgan fingerprint density at radius 3 is 3.00 bits per heavy atom. The molecule has 0 saturated heterocycles. The van der Waals surface area contributed by atoms with Crippen LogP contribution in [0.15, 0.2) is 4.52 Å². The number of fused-ring (bicyclic) bond motifs is 1. The number of carbonyl (C=O) groups is 1. The van der Waals surface area contributed by atoms with Crippen LogP contribution in [-0.2, 0) is 29.5 Å². The summed E-state index contributed by atoms with van der Waals surface area (Å²) in [5.74, 6) is 1.77. The zero-order valence-corrected chi connectivity index (χ0v) is 14.0. The number of aryl methyl sites for hydroxylation is 1. The van der Waals surface area contributed by atoms with E-state index < -0.39 is 0 Å². The molecule has 1 fully saturated rings. The van der Waals surface area contributed by atoms with Gasteiger partial charge in [0.1, 0.15) is 0 Å². The second-order valence-corrected chi connectivity index (χ2v) is 6.44. The van der Waals surface area contributed by atoms with Gasteiger partial charge in [-0.1, -0.05) is 5.16 Å². The largest absolute Gasteiger partial charge is 0.384 e. The van der Waals surface area contributed by atoms with Crippen LogP contribution in [0, 0.1) is 0 Å². The number of carbonyl (C=O) groups excluding carboxylic acids is 1. The van der Waals surface area contributed by atoms with Crippen LogP contribution in [0.3, 0.4) is 0 Å². The maximum Gasteiger partial charge on any atom is 0.278 e. The van der Waals surface area contributed by atoms with Crippen molar-refractivity contribution in [2.45, 2.75) is 38.1 Å². The van der Waals surface area contributed by atoms with Crippen LogP contribution in [0.25, 0.3) is 11.6 Å². The highest BCUT2D eigenvalue weighted by Crippen LogP contribution is 2.39. The van der Waals surface area contributed by atoms with Gasteiger partial charge in [0, 0.05) is 50.8 Å². The Morgan fingerprint density at radius 2 is 2.25 bits per heavy atom. The van der Waals surface area contributed by atoms with Gasteiger partial charge in [0.2, 0.25) is 5.91 Å². The molecule has 1 aliphatic carbocycles. The van der Waals surface area contributed by atoms with Crippen molar-refractivity contribution in [3.8, 4) is 11.6 Å². The molecule has 2 aromatic heterocycles. The Labute approximate surface area is 139 Å². The smallest absolute Gasteiger partial charge is 0.278 e. The van der Waals surface area contributed by atoms with Gasteiger partial charge in [-0.15, -0.1) is 0 Å². The number of methoxy groups -OCH3 is 1. The quantitative estimate of drug-likeness (QED) is 0.820. The molecule has 1 aliphatic heterocycles. The van der Waals surface area contributed by atoms with Crippen molar-refractivity contribution in [2.75, 3.05) is 20.3 Å². The summed E-state index contributed by atoms with van der Waals surface area (Å²) in [7, 11) is 3.52. The lowest BCUT2D eigenvalue weighted by molar-refractivity contribution is -0.133. The highest BCUT2D eigenvalue weighted by Gasteiger charge is 2.32. The standard InChI is InChI=1S/C16H21N5O3/c1-20-12-5-7-21(13(22)6-8-23-2)9-11(12)14(18-20)16-17-15(19-24-16)10-3-4-10/h10H,3-9H2,1-2H3. The molecule has 0 bridgehead atoms. The highest BCUT2D eigenvalue weighted by atomic mass is 16.5.